The lowest BCUT2D eigenvalue weighted by atomic mass is 10.0. The molecule has 0 amide bonds. The number of rotatable bonds is 4. The highest BCUT2D eigenvalue weighted by Gasteiger charge is 2.19. The van der Waals surface area contributed by atoms with Crippen LogP contribution in [0.3, 0.4) is 0 Å². The number of benzene rings is 6. The molecule has 0 bridgehead atoms. The van der Waals surface area contributed by atoms with Crippen molar-refractivity contribution in [3.05, 3.63) is 139 Å². The van der Waals surface area contributed by atoms with Gasteiger partial charge < -0.3 is 14.8 Å². The minimum Gasteiger partial charge on any atom is -0.507 e. The molecule has 8 rings (SSSR count). The maximum Gasteiger partial charge on any atom is 0.134 e. The summed E-state index contributed by atoms with van der Waals surface area (Å²) in [5, 5.41) is 27.7. The van der Waals surface area contributed by atoms with E-state index in [9.17, 15) is 10.2 Å². The van der Waals surface area contributed by atoms with Crippen LogP contribution >= 0.6 is 0 Å². The van der Waals surface area contributed by atoms with Crippen molar-refractivity contribution in [3.8, 4) is 28.4 Å². The monoisotopic (exact) mass is 555 g/mol. The number of aromatic hydroxyl groups is 2. The van der Waals surface area contributed by atoms with Gasteiger partial charge in [-0.1, -0.05) is 84.9 Å². The molecule has 43 heavy (non-hydrogen) atoms. The molecule has 2 aromatic heterocycles. The summed E-state index contributed by atoms with van der Waals surface area (Å²) in [5.74, 6) is 0.373. The highest BCUT2D eigenvalue weighted by atomic mass is 16.3. The summed E-state index contributed by atoms with van der Waals surface area (Å²) < 4.78 is 2.18. The SMILES string of the molecule is Oc1cccc2cccc(N=Cc3nc(-c4ccc5c(c4O)c4ccccc4n5-c4ccccc4)cc4ccccc34)c12. The van der Waals surface area contributed by atoms with E-state index in [1.807, 2.05) is 103 Å². The Kier molecular flexibility index (Phi) is 5.69. The van der Waals surface area contributed by atoms with Gasteiger partial charge in [0.2, 0.25) is 0 Å². The fraction of sp³-hybridized carbons (Fsp3) is 0. The van der Waals surface area contributed by atoms with Gasteiger partial charge in [-0.05, 0) is 59.3 Å². The molecule has 0 radical (unpaired) electrons. The molecule has 0 aliphatic rings. The van der Waals surface area contributed by atoms with Crippen molar-refractivity contribution in [3.63, 3.8) is 0 Å². The first-order valence-corrected chi connectivity index (χ1v) is 14.1. The van der Waals surface area contributed by atoms with Crippen LogP contribution in [0.4, 0.5) is 5.69 Å². The smallest absolute Gasteiger partial charge is 0.134 e. The number of hydrogen-bond acceptors (Lipinski definition) is 4. The second-order valence-electron chi connectivity index (χ2n) is 10.6. The number of nitrogens with zero attached hydrogens (tertiary/aromatic N) is 3. The molecule has 0 saturated carbocycles. The Morgan fingerprint density at radius 3 is 2.19 bits per heavy atom. The van der Waals surface area contributed by atoms with Crippen LogP contribution in [0.1, 0.15) is 5.69 Å². The molecule has 0 saturated heterocycles. The Morgan fingerprint density at radius 2 is 1.33 bits per heavy atom. The van der Waals surface area contributed by atoms with Gasteiger partial charge in [-0.15, -0.1) is 0 Å². The minimum atomic E-state index is 0.185. The second kappa shape index (κ2) is 9.86. The quantitative estimate of drug-likeness (QED) is 0.213. The zero-order valence-corrected chi connectivity index (χ0v) is 23.0. The van der Waals surface area contributed by atoms with Crippen molar-refractivity contribution in [2.24, 2.45) is 4.99 Å². The van der Waals surface area contributed by atoms with E-state index in [1.54, 1.807) is 12.3 Å². The van der Waals surface area contributed by atoms with Crippen LogP contribution in [0, 0.1) is 0 Å². The van der Waals surface area contributed by atoms with Gasteiger partial charge in [-0.2, -0.15) is 0 Å². The van der Waals surface area contributed by atoms with Crippen molar-refractivity contribution in [1.82, 2.24) is 9.55 Å². The average molecular weight is 556 g/mol. The number of pyridine rings is 1. The van der Waals surface area contributed by atoms with Gasteiger partial charge in [-0.3, -0.25) is 4.99 Å². The Balaban J connectivity index is 1.33. The summed E-state index contributed by atoms with van der Waals surface area (Å²) in [6, 6.07) is 43.6. The number of fused-ring (bicyclic) bond motifs is 5. The molecule has 0 fully saturated rings. The third kappa shape index (κ3) is 4.02. The molecule has 0 aliphatic heterocycles. The van der Waals surface area contributed by atoms with Gasteiger partial charge in [0, 0.05) is 27.4 Å². The maximum atomic E-state index is 11.9. The molecule has 2 heterocycles. The van der Waals surface area contributed by atoms with Crippen LogP contribution < -0.4 is 0 Å². The fourth-order valence-electron chi connectivity index (χ4n) is 6.11. The number of para-hydroxylation sites is 2. The predicted molar refractivity (Wildman–Crippen MR) is 176 cm³/mol. The van der Waals surface area contributed by atoms with Crippen LogP contribution in [-0.4, -0.2) is 26.0 Å². The van der Waals surface area contributed by atoms with E-state index >= 15 is 0 Å². The second-order valence-corrected chi connectivity index (χ2v) is 10.6. The lowest BCUT2D eigenvalue weighted by Crippen LogP contribution is -1.95. The van der Waals surface area contributed by atoms with E-state index in [1.165, 1.54) is 0 Å². The number of aliphatic imine (C=N–C) groups is 1. The summed E-state index contributed by atoms with van der Waals surface area (Å²) in [5.41, 5.74) is 5.60. The number of hydrogen-bond donors (Lipinski definition) is 2. The van der Waals surface area contributed by atoms with Crippen molar-refractivity contribution in [2.75, 3.05) is 0 Å². The molecule has 0 unspecified atom stereocenters. The molecule has 0 atom stereocenters. The molecule has 0 aliphatic carbocycles. The van der Waals surface area contributed by atoms with E-state index in [0.29, 0.717) is 28.0 Å². The molecular formula is C38H25N3O2. The highest BCUT2D eigenvalue weighted by molar-refractivity contribution is 6.14. The van der Waals surface area contributed by atoms with Gasteiger partial charge in [-0.25, -0.2) is 4.98 Å². The van der Waals surface area contributed by atoms with Gasteiger partial charge >= 0.3 is 0 Å². The van der Waals surface area contributed by atoms with Crippen LogP contribution in [0.15, 0.2) is 138 Å². The minimum absolute atomic E-state index is 0.185. The topological polar surface area (TPSA) is 70.6 Å². The van der Waals surface area contributed by atoms with E-state index in [-0.39, 0.29) is 11.5 Å². The molecule has 5 nitrogen and oxygen atoms in total. The Labute approximate surface area is 247 Å². The summed E-state index contributed by atoms with van der Waals surface area (Å²) in [4.78, 5) is 9.81. The summed E-state index contributed by atoms with van der Waals surface area (Å²) in [6.45, 7) is 0. The van der Waals surface area contributed by atoms with E-state index in [2.05, 4.69) is 28.8 Å². The van der Waals surface area contributed by atoms with Gasteiger partial charge in [0.25, 0.3) is 0 Å². The first-order valence-electron chi connectivity index (χ1n) is 14.1. The van der Waals surface area contributed by atoms with Gasteiger partial charge in [0.1, 0.15) is 11.5 Å². The van der Waals surface area contributed by atoms with Crippen LogP contribution in [-0.2, 0) is 0 Å². The van der Waals surface area contributed by atoms with Crippen LogP contribution in [0.25, 0.3) is 60.3 Å². The van der Waals surface area contributed by atoms with E-state index in [4.69, 9.17) is 9.98 Å². The Bertz CT molecular complexity index is 2370. The lowest BCUT2D eigenvalue weighted by molar-refractivity contribution is 0.481. The maximum absolute atomic E-state index is 11.9. The van der Waals surface area contributed by atoms with Crippen LogP contribution in [0.2, 0.25) is 0 Å². The molecule has 5 heteroatoms. The van der Waals surface area contributed by atoms with E-state index < -0.39 is 0 Å². The molecule has 204 valence electrons. The first kappa shape index (κ1) is 24.8. The Morgan fingerprint density at radius 1 is 0.605 bits per heavy atom. The summed E-state index contributed by atoms with van der Waals surface area (Å²) in [7, 11) is 0. The van der Waals surface area contributed by atoms with Gasteiger partial charge in [0.05, 0.1) is 39.7 Å². The first-order chi connectivity index (χ1) is 21.2. The van der Waals surface area contributed by atoms with Crippen molar-refractivity contribution in [2.45, 2.75) is 0 Å². The standard InChI is InChI=1S/C38H25N3O2/c42-35-19-9-12-24-11-8-17-30(36(24)35)39-23-32-27-15-5-4-10-25(27)22-31(40-32)28-20-21-34-37(38(28)43)29-16-6-7-18-33(29)41(34)26-13-2-1-3-14-26/h1-23,42-43H. The third-order valence-electron chi connectivity index (χ3n) is 8.06. The summed E-state index contributed by atoms with van der Waals surface area (Å²) >= 11 is 0. The molecule has 6 aromatic carbocycles. The number of phenolic OH excluding ortho intramolecular Hbond substituents is 2. The van der Waals surface area contributed by atoms with E-state index in [0.717, 1.165) is 43.7 Å². The van der Waals surface area contributed by atoms with Crippen LogP contribution in [0.5, 0.6) is 11.5 Å². The molecule has 8 aromatic rings. The average Bonchev–Trinajstić information content (AvgIpc) is 3.39. The molecule has 2 N–H and O–H groups in total. The molecular weight excluding hydrogens is 530 g/mol. The number of phenols is 2. The van der Waals surface area contributed by atoms with Gasteiger partial charge in [0.15, 0.2) is 0 Å². The predicted octanol–water partition coefficient (Wildman–Crippen LogP) is 9.31. The normalized spacial score (nSPS) is 11.8. The number of aromatic nitrogens is 2. The zero-order chi connectivity index (χ0) is 28.9. The summed E-state index contributed by atoms with van der Waals surface area (Å²) in [6.07, 6.45) is 1.74. The van der Waals surface area contributed by atoms with Crippen molar-refractivity contribution >= 4 is 55.3 Å². The molecule has 0 spiro atoms. The largest absolute Gasteiger partial charge is 0.507 e. The zero-order valence-electron chi connectivity index (χ0n) is 23.0. The Hall–Kier alpha value is -5.94. The lowest BCUT2D eigenvalue weighted by Gasteiger charge is -2.11. The van der Waals surface area contributed by atoms with Crippen molar-refractivity contribution < 1.29 is 10.2 Å². The fourth-order valence-corrected chi connectivity index (χ4v) is 6.11. The highest BCUT2D eigenvalue weighted by Crippen LogP contribution is 2.42. The third-order valence-corrected chi connectivity index (χ3v) is 8.06. The van der Waals surface area contributed by atoms with Crippen molar-refractivity contribution in [1.29, 1.82) is 0 Å².